The minimum absolute atomic E-state index is 0.0619. The van der Waals surface area contributed by atoms with Crippen molar-refractivity contribution in [1.29, 1.82) is 0 Å². The number of hydrogen-bond donors (Lipinski definition) is 1. The van der Waals surface area contributed by atoms with E-state index in [0.29, 0.717) is 0 Å². The lowest BCUT2D eigenvalue weighted by atomic mass is 10.2. The molecule has 0 unspecified atom stereocenters. The highest BCUT2D eigenvalue weighted by Gasteiger charge is 2.19. The number of hydrogen-bond acceptors (Lipinski definition) is 5. The van der Waals surface area contributed by atoms with Crippen LogP contribution in [0.3, 0.4) is 0 Å². The van der Waals surface area contributed by atoms with Gasteiger partial charge in [0.05, 0.1) is 17.7 Å². The van der Waals surface area contributed by atoms with Gasteiger partial charge in [0.15, 0.2) is 0 Å². The van der Waals surface area contributed by atoms with Crippen LogP contribution in [0.5, 0.6) is 5.75 Å². The van der Waals surface area contributed by atoms with E-state index in [1.807, 2.05) is 47.8 Å². The summed E-state index contributed by atoms with van der Waals surface area (Å²) < 4.78 is 5.49. The third-order valence-corrected chi connectivity index (χ3v) is 5.81. The second kappa shape index (κ2) is 8.35. The van der Waals surface area contributed by atoms with Crippen LogP contribution in [-0.4, -0.2) is 39.2 Å². The van der Waals surface area contributed by atoms with Crippen molar-refractivity contribution in [2.75, 3.05) is 48.4 Å². The Hall–Kier alpha value is -2.99. The molecule has 2 heterocycles. The van der Waals surface area contributed by atoms with Gasteiger partial charge < -0.3 is 19.9 Å². The van der Waals surface area contributed by atoms with E-state index < -0.39 is 0 Å². The predicted molar refractivity (Wildman–Crippen MR) is 116 cm³/mol. The fourth-order valence-electron chi connectivity index (χ4n) is 3.45. The maximum atomic E-state index is 12.2. The average Bonchev–Trinajstić information content (AvgIpc) is 3.30. The summed E-state index contributed by atoms with van der Waals surface area (Å²) in [6, 6.07) is 19.9. The lowest BCUT2D eigenvalue weighted by Crippen LogP contribution is -2.46. The minimum Gasteiger partial charge on any atom is -0.495 e. The standard InChI is InChI=1S/C22H23N3O2S/c1-27-20-6-3-2-5-19(20)25-14-12-24(13-15-25)18-10-8-17(9-11-18)23-22(26)21-7-4-16-28-21/h2-11,16H,12-15H2,1H3,(H,23,26). The number of piperazine rings is 1. The normalized spacial score (nSPS) is 14.0. The number of para-hydroxylation sites is 2. The molecule has 1 amide bonds. The van der Waals surface area contributed by atoms with Crippen LogP contribution in [0.25, 0.3) is 0 Å². The molecule has 1 N–H and O–H groups in total. The SMILES string of the molecule is COc1ccccc1N1CCN(c2ccc(NC(=O)c3cccs3)cc2)CC1. The van der Waals surface area contributed by atoms with Crippen LogP contribution in [0.2, 0.25) is 0 Å². The highest BCUT2D eigenvalue weighted by atomic mass is 32.1. The van der Waals surface area contributed by atoms with Crippen LogP contribution in [0.4, 0.5) is 17.1 Å². The molecule has 0 bridgehead atoms. The molecule has 2 aromatic carbocycles. The number of carbonyl (C=O) groups excluding carboxylic acids is 1. The molecule has 1 fully saturated rings. The molecule has 28 heavy (non-hydrogen) atoms. The third kappa shape index (κ3) is 3.97. The summed E-state index contributed by atoms with van der Waals surface area (Å²) >= 11 is 1.44. The van der Waals surface area contributed by atoms with Gasteiger partial charge >= 0.3 is 0 Å². The zero-order valence-corrected chi connectivity index (χ0v) is 16.6. The van der Waals surface area contributed by atoms with Crippen molar-refractivity contribution < 1.29 is 9.53 Å². The number of nitrogens with zero attached hydrogens (tertiary/aromatic N) is 2. The second-order valence-electron chi connectivity index (χ2n) is 6.62. The molecule has 1 aliphatic heterocycles. The van der Waals surface area contributed by atoms with E-state index >= 15 is 0 Å². The monoisotopic (exact) mass is 393 g/mol. The molecule has 4 rings (SSSR count). The summed E-state index contributed by atoms with van der Waals surface area (Å²) in [6.45, 7) is 3.77. The summed E-state index contributed by atoms with van der Waals surface area (Å²) in [5, 5.41) is 4.85. The number of rotatable bonds is 5. The topological polar surface area (TPSA) is 44.8 Å². The van der Waals surface area contributed by atoms with Gasteiger partial charge in [0.1, 0.15) is 5.75 Å². The Balaban J connectivity index is 1.36. The molecule has 0 atom stereocenters. The van der Waals surface area contributed by atoms with Gasteiger partial charge in [-0.05, 0) is 47.8 Å². The molecule has 5 nitrogen and oxygen atoms in total. The van der Waals surface area contributed by atoms with E-state index in [1.54, 1.807) is 7.11 Å². The zero-order chi connectivity index (χ0) is 19.3. The van der Waals surface area contributed by atoms with Gasteiger partial charge in [0.25, 0.3) is 5.91 Å². The van der Waals surface area contributed by atoms with Crippen LogP contribution in [0.1, 0.15) is 9.67 Å². The summed E-state index contributed by atoms with van der Waals surface area (Å²) in [7, 11) is 1.72. The number of nitrogens with one attached hydrogen (secondary N) is 1. The molecule has 1 aliphatic rings. The Morgan fingerprint density at radius 3 is 2.32 bits per heavy atom. The molecule has 0 spiro atoms. The molecule has 3 aromatic rings. The van der Waals surface area contributed by atoms with Crippen LogP contribution in [0.15, 0.2) is 66.0 Å². The van der Waals surface area contributed by atoms with E-state index in [2.05, 4.69) is 33.3 Å². The number of carbonyl (C=O) groups is 1. The summed E-state index contributed by atoms with van der Waals surface area (Å²) in [5.74, 6) is 0.856. The quantitative estimate of drug-likeness (QED) is 0.701. The van der Waals surface area contributed by atoms with Gasteiger partial charge in [0.2, 0.25) is 0 Å². The molecule has 144 valence electrons. The van der Waals surface area contributed by atoms with Crippen molar-refractivity contribution in [3.63, 3.8) is 0 Å². The van der Waals surface area contributed by atoms with Gasteiger partial charge in [-0.3, -0.25) is 4.79 Å². The molecule has 0 radical (unpaired) electrons. The lowest BCUT2D eigenvalue weighted by molar-refractivity contribution is 0.103. The van der Waals surface area contributed by atoms with Gasteiger partial charge in [-0.2, -0.15) is 0 Å². The van der Waals surface area contributed by atoms with E-state index in [0.717, 1.165) is 48.2 Å². The van der Waals surface area contributed by atoms with Crippen molar-refractivity contribution >= 4 is 34.3 Å². The summed E-state index contributed by atoms with van der Waals surface area (Å²) in [6.07, 6.45) is 0. The maximum Gasteiger partial charge on any atom is 0.265 e. The fraction of sp³-hybridized carbons (Fsp3) is 0.227. The number of thiophene rings is 1. The molecule has 1 aromatic heterocycles. The van der Waals surface area contributed by atoms with Crippen molar-refractivity contribution in [3.8, 4) is 5.75 Å². The Kier molecular flexibility index (Phi) is 5.48. The zero-order valence-electron chi connectivity index (χ0n) is 15.8. The largest absolute Gasteiger partial charge is 0.495 e. The number of methoxy groups -OCH3 is 1. The Bertz CT molecular complexity index is 917. The summed E-state index contributed by atoms with van der Waals surface area (Å²) in [5.41, 5.74) is 3.14. The third-order valence-electron chi connectivity index (χ3n) is 4.94. The maximum absolute atomic E-state index is 12.2. The highest BCUT2D eigenvalue weighted by Crippen LogP contribution is 2.29. The number of benzene rings is 2. The van der Waals surface area contributed by atoms with Crippen LogP contribution >= 0.6 is 11.3 Å². The average molecular weight is 394 g/mol. The first kappa shape index (κ1) is 18.4. The van der Waals surface area contributed by atoms with Crippen molar-refractivity contribution in [1.82, 2.24) is 0 Å². The highest BCUT2D eigenvalue weighted by molar-refractivity contribution is 7.12. The smallest absolute Gasteiger partial charge is 0.265 e. The molecule has 0 aliphatic carbocycles. The van der Waals surface area contributed by atoms with E-state index in [4.69, 9.17) is 4.74 Å². The van der Waals surface area contributed by atoms with Crippen LogP contribution < -0.4 is 19.9 Å². The van der Waals surface area contributed by atoms with Gasteiger partial charge in [-0.1, -0.05) is 18.2 Å². The predicted octanol–water partition coefficient (Wildman–Crippen LogP) is 4.34. The fourth-order valence-corrected chi connectivity index (χ4v) is 4.07. The number of amides is 1. The van der Waals surface area contributed by atoms with E-state index in [9.17, 15) is 4.79 Å². The van der Waals surface area contributed by atoms with Crippen molar-refractivity contribution in [3.05, 3.63) is 70.9 Å². The minimum atomic E-state index is -0.0619. The summed E-state index contributed by atoms with van der Waals surface area (Å²) in [4.78, 5) is 17.6. The number of anilines is 3. The Labute approximate surface area is 169 Å². The van der Waals surface area contributed by atoms with Gasteiger partial charge in [-0.25, -0.2) is 0 Å². The van der Waals surface area contributed by atoms with Crippen molar-refractivity contribution in [2.45, 2.75) is 0 Å². The Morgan fingerprint density at radius 2 is 1.64 bits per heavy atom. The molecular weight excluding hydrogens is 370 g/mol. The Morgan fingerprint density at radius 1 is 0.929 bits per heavy atom. The van der Waals surface area contributed by atoms with Crippen LogP contribution in [-0.2, 0) is 0 Å². The molecule has 0 saturated carbocycles. The van der Waals surface area contributed by atoms with E-state index in [-0.39, 0.29) is 5.91 Å². The van der Waals surface area contributed by atoms with Crippen molar-refractivity contribution in [2.24, 2.45) is 0 Å². The van der Waals surface area contributed by atoms with Gasteiger partial charge in [0, 0.05) is 37.6 Å². The molecule has 6 heteroatoms. The lowest BCUT2D eigenvalue weighted by Gasteiger charge is -2.37. The first-order valence-electron chi connectivity index (χ1n) is 9.32. The molecular formula is C22H23N3O2S. The first-order chi connectivity index (χ1) is 13.7. The van der Waals surface area contributed by atoms with E-state index in [1.165, 1.54) is 17.0 Å². The van der Waals surface area contributed by atoms with Crippen LogP contribution in [0, 0.1) is 0 Å². The second-order valence-corrected chi connectivity index (χ2v) is 7.57. The van der Waals surface area contributed by atoms with Gasteiger partial charge in [-0.15, -0.1) is 11.3 Å². The first-order valence-corrected chi connectivity index (χ1v) is 10.2. The number of ether oxygens (including phenoxy) is 1. The molecule has 1 saturated heterocycles.